The van der Waals surface area contributed by atoms with E-state index in [4.69, 9.17) is 4.74 Å². The lowest BCUT2D eigenvalue weighted by Gasteiger charge is -2.05. The molecule has 1 aliphatic rings. The van der Waals surface area contributed by atoms with Gasteiger partial charge in [-0.05, 0) is 39.2 Å². The summed E-state index contributed by atoms with van der Waals surface area (Å²) in [6, 6.07) is 4.05. The number of hydrogen-bond donors (Lipinski definition) is 0. The number of benzene rings is 1. The van der Waals surface area contributed by atoms with Crippen molar-refractivity contribution >= 4 is 22.1 Å². The van der Waals surface area contributed by atoms with E-state index < -0.39 is 0 Å². The van der Waals surface area contributed by atoms with Gasteiger partial charge in [0.05, 0.1) is 18.1 Å². The van der Waals surface area contributed by atoms with Gasteiger partial charge in [-0.15, -0.1) is 0 Å². The Morgan fingerprint density at radius 2 is 2.33 bits per heavy atom. The third kappa shape index (κ3) is 1.14. The molecule has 2 nitrogen and oxygen atoms in total. The quantitative estimate of drug-likeness (QED) is 0.720. The Balaban J connectivity index is 2.54. The van der Waals surface area contributed by atoms with E-state index in [0.29, 0.717) is 0 Å². The van der Waals surface area contributed by atoms with Crippen molar-refractivity contribution in [2.45, 2.75) is 6.54 Å². The Morgan fingerprint density at radius 3 is 3.08 bits per heavy atom. The zero-order valence-corrected chi connectivity index (χ0v) is 8.26. The fourth-order valence-electron chi connectivity index (χ4n) is 1.27. The zero-order chi connectivity index (χ0) is 8.55. The van der Waals surface area contributed by atoms with E-state index in [1.807, 2.05) is 18.3 Å². The lowest BCUT2D eigenvalue weighted by Crippen LogP contribution is -1.89. The van der Waals surface area contributed by atoms with Crippen LogP contribution in [0, 0.1) is 0 Å². The average molecular weight is 226 g/mol. The number of fused-ring (bicyclic) bond motifs is 1. The maximum Gasteiger partial charge on any atom is 0.133 e. The molecule has 0 spiro atoms. The molecule has 0 amide bonds. The zero-order valence-electron chi connectivity index (χ0n) is 6.67. The van der Waals surface area contributed by atoms with E-state index in [2.05, 4.69) is 20.9 Å². The molecule has 0 fully saturated rings. The minimum atomic E-state index is 0.777. The van der Waals surface area contributed by atoms with Gasteiger partial charge in [0, 0.05) is 6.21 Å². The fraction of sp³-hybridized carbons (Fsp3) is 0.222. The van der Waals surface area contributed by atoms with Crippen molar-refractivity contribution in [1.82, 2.24) is 0 Å². The van der Waals surface area contributed by atoms with Crippen LogP contribution in [0.3, 0.4) is 0 Å². The predicted molar refractivity (Wildman–Crippen MR) is 52.0 cm³/mol. The smallest absolute Gasteiger partial charge is 0.133 e. The van der Waals surface area contributed by atoms with Crippen LogP contribution in [0.5, 0.6) is 5.75 Å². The second kappa shape index (κ2) is 2.90. The van der Waals surface area contributed by atoms with Crippen LogP contribution in [0.4, 0.5) is 0 Å². The van der Waals surface area contributed by atoms with Crippen molar-refractivity contribution in [2.24, 2.45) is 4.99 Å². The summed E-state index contributed by atoms with van der Waals surface area (Å²) < 4.78 is 6.15. The molecule has 0 unspecified atom stereocenters. The van der Waals surface area contributed by atoms with Crippen LogP contribution in [0.15, 0.2) is 21.6 Å². The highest BCUT2D eigenvalue weighted by Crippen LogP contribution is 2.29. The summed E-state index contributed by atoms with van der Waals surface area (Å²) in [6.07, 6.45) is 1.89. The molecule has 1 aliphatic heterocycles. The predicted octanol–water partition coefficient (Wildman–Crippen LogP) is 2.39. The van der Waals surface area contributed by atoms with Gasteiger partial charge in [-0.3, -0.25) is 4.99 Å². The van der Waals surface area contributed by atoms with E-state index >= 15 is 0 Å². The van der Waals surface area contributed by atoms with Crippen LogP contribution in [-0.2, 0) is 6.54 Å². The van der Waals surface area contributed by atoms with Crippen LogP contribution in [0.2, 0.25) is 0 Å². The first kappa shape index (κ1) is 7.80. The van der Waals surface area contributed by atoms with Crippen LogP contribution in [-0.4, -0.2) is 13.3 Å². The summed E-state index contributed by atoms with van der Waals surface area (Å²) in [4.78, 5) is 4.17. The third-order valence-corrected chi connectivity index (χ3v) is 2.53. The minimum Gasteiger partial charge on any atom is -0.496 e. The highest BCUT2D eigenvalue weighted by molar-refractivity contribution is 9.10. The summed E-state index contributed by atoms with van der Waals surface area (Å²) in [7, 11) is 1.67. The first-order valence-electron chi connectivity index (χ1n) is 3.67. The molecule has 0 bridgehead atoms. The molecule has 0 atom stereocenters. The Bertz CT molecular complexity index is 346. The molecular formula is C9H8BrNO. The number of rotatable bonds is 1. The molecule has 0 radical (unpaired) electrons. The van der Waals surface area contributed by atoms with E-state index in [9.17, 15) is 0 Å². The summed E-state index contributed by atoms with van der Waals surface area (Å²) in [5.41, 5.74) is 2.41. The Labute approximate surface area is 79.4 Å². The number of methoxy groups -OCH3 is 1. The second-order valence-electron chi connectivity index (χ2n) is 2.66. The van der Waals surface area contributed by atoms with E-state index in [1.165, 1.54) is 11.1 Å². The molecule has 0 aromatic heterocycles. The van der Waals surface area contributed by atoms with Gasteiger partial charge in [0.25, 0.3) is 0 Å². The first-order valence-corrected chi connectivity index (χ1v) is 4.47. The SMILES string of the molecule is COc1cc2c(cc1Br)C=NC2. The number of aliphatic imine (C=N–C) groups is 1. The summed E-state index contributed by atoms with van der Waals surface area (Å²) in [6.45, 7) is 0.777. The van der Waals surface area contributed by atoms with Crippen molar-refractivity contribution in [1.29, 1.82) is 0 Å². The maximum atomic E-state index is 5.17. The van der Waals surface area contributed by atoms with Gasteiger partial charge >= 0.3 is 0 Å². The molecule has 0 N–H and O–H groups in total. The molecule has 12 heavy (non-hydrogen) atoms. The molecule has 62 valence electrons. The lowest BCUT2D eigenvalue weighted by molar-refractivity contribution is 0.411. The Morgan fingerprint density at radius 1 is 1.50 bits per heavy atom. The molecule has 0 saturated carbocycles. The van der Waals surface area contributed by atoms with Crippen molar-refractivity contribution < 1.29 is 4.74 Å². The van der Waals surface area contributed by atoms with Gasteiger partial charge in [0.1, 0.15) is 5.75 Å². The highest BCUT2D eigenvalue weighted by atomic mass is 79.9. The van der Waals surface area contributed by atoms with Crippen molar-refractivity contribution in [3.8, 4) is 5.75 Å². The molecular weight excluding hydrogens is 218 g/mol. The molecule has 0 aliphatic carbocycles. The largest absolute Gasteiger partial charge is 0.496 e. The van der Waals surface area contributed by atoms with E-state index in [0.717, 1.165) is 16.8 Å². The van der Waals surface area contributed by atoms with Gasteiger partial charge in [-0.25, -0.2) is 0 Å². The van der Waals surface area contributed by atoms with E-state index in [-0.39, 0.29) is 0 Å². The lowest BCUT2D eigenvalue weighted by atomic mass is 10.1. The van der Waals surface area contributed by atoms with Crippen LogP contribution in [0.1, 0.15) is 11.1 Å². The van der Waals surface area contributed by atoms with Gasteiger partial charge in [-0.1, -0.05) is 0 Å². The summed E-state index contributed by atoms with van der Waals surface area (Å²) in [5.74, 6) is 0.874. The van der Waals surface area contributed by atoms with Gasteiger partial charge < -0.3 is 4.74 Å². The average Bonchev–Trinajstić information content (AvgIpc) is 2.49. The second-order valence-corrected chi connectivity index (χ2v) is 3.51. The fourth-order valence-corrected chi connectivity index (χ4v) is 1.79. The van der Waals surface area contributed by atoms with Crippen molar-refractivity contribution in [3.63, 3.8) is 0 Å². The molecule has 1 heterocycles. The summed E-state index contributed by atoms with van der Waals surface area (Å²) >= 11 is 3.42. The van der Waals surface area contributed by atoms with Crippen molar-refractivity contribution in [2.75, 3.05) is 7.11 Å². The molecule has 3 heteroatoms. The monoisotopic (exact) mass is 225 g/mol. The standard InChI is InChI=1S/C9H8BrNO/c1-12-9-3-7-5-11-4-6(7)2-8(9)10/h2-4H,5H2,1H3. The van der Waals surface area contributed by atoms with Crippen LogP contribution >= 0.6 is 15.9 Å². The molecule has 1 aromatic rings. The number of hydrogen-bond acceptors (Lipinski definition) is 2. The van der Waals surface area contributed by atoms with Gasteiger partial charge in [-0.2, -0.15) is 0 Å². The van der Waals surface area contributed by atoms with Gasteiger partial charge in [0.15, 0.2) is 0 Å². The molecule has 1 aromatic carbocycles. The van der Waals surface area contributed by atoms with E-state index in [1.54, 1.807) is 7.11 Å². The normalized spacial score (nSPS) is 13.2. The topological polar surface area (TPSA) is 21.6 Å². The number of halogens is 1. The van der Waals surface area contributed by atoms with Crippen LogP contribution in [0.25, 0.3) is 0 Å². The third-order valence-electron chi connectivity index (χ3n) is 1.91. The first-order chi connectivity index (χ1) is 5.81. The number of nitrogens with zero attached hydrogens (tertiary/aromatic N) is 1. The maximum absolute atomic E-state index is 5.17. The van der Waals surface area contributed by atoms with Gasteiger partial charge in [0.2, 0.25) is 0 Å². The Hall–Kier alpha value is -0.830. The molecule has 0 saturated heterocycles. The molecule has 2 rings (SSSR count). The summed E-state index contributed by atoms with van der Waals surface area (Å²) in [5, 5.41) is 0. The Kier molecular flexibility index (Phi) is 1.89. The highest BCUT2D eigenvalue weighted by Gasteiger charge is 2.10. The van der Waals surface area contributed by atoms with Crippen molar-refractivity contribution in [3.05, 3.63) is 27.7 Å². The van der Waals surface area contributed by atoms with Crippen LogP contribution < -0.4 is 4.74 Å². The minimum absolute atomic E-state index is 0.777. The number of ether oxygens (including phenoxy) is 1.